The molecule has 1 aliphatic heterocycles. The summed E-state index contributed by atoms with van der Waals surface area (Å²) in [6.07, 6.45) is 8.10. The highest BCUT2D eigenvalue weighted by Crippen LogP contribution is 2.76. The Morgan fingerprint density at radius 1 is 1.31 bits per heavy atom. The summed E-state index contributed by atoms with van der Waals surface area (Å²) in [5.74, 6) is 1.85. The van der Waals surface area contributed by atoms with Gasteiger partial charge >= 0.3 is 0 Å². The highest BCUT2D eigenvalue weighted by molar-refractivity contribution is 5.87. The number of aromatic nitrogens is 2. The molecule has 4 N–H and O–H groups in total. The van der Waals surface area contributed by atoms with Crippen molar-refractivity contribution < 1.29 is 4.39 Å². The SMILES string of the molecule is CC1CCCN(c2cc(Nc3cc([C@]4(N)CC45CC5)c(F)cc3C=N)ncn2)C1. The van der Waals surface area contributed by atoms with Gasteiger partial charge in [-0.25, -0.2) is 14.4 Å². The standard InChI is InChI=1S/C22H27FN6/c1-14-3-2-6-29(11-14)20-9-19(26-13-27-20)28-18-8-16(17(23)7-15(18)10-24)22(25)12-21(22)4-5-21/h7-10,13-14,24H,2-6,11-12,25H2,1H3,(H,26,27,28)/t14?,22-/m1/s1. The van der Waals surface area contributed by atoms with Crippen molar-refractivity contribution in [2.24, 2.45) is 17.1 Å². The molecule has 5 rings (SSSR count). The molecule has 6 nitrogen and oxygen atoms in total. The Labute approximate surface area is 170 Å². The summed E-state index contributed by atoms with van der Waals surface area (Å²) in [5, 5.41) is 11.0. The van der Waals surface area contributed by atoms with E-state index >= 15 is 0 Å². The lowest BCUT2D eigenvalue weighted by Gasteiger charge is -2.31. The van der Waals surface area contributed by atoms with Crippen molar-refractivity contribution in [3.63, 3.8) is 0 Å². The zero-order valence-corrected chi connectivity index (χ0v) is 16.7. The Balaban J connectivity index is 1.44. The van der Waals surface area contributed by atoms with E-state index in [1.165, 1.54) is 12.5 Å². The minimum atomic E-state index is -0.575. The van der Waals surface area contributed by atoms with Crippen LogP contribution in [0.2, 0.25) is 0 Å². The van der Waals surface area contributed by atoms with E-state index in [2.05, 4.69) is 27.1 Å². The number of nitrogens with one attached hydrogen (secondary N) is 2. The van der Waals surface area contributed by atoms with Gasteiger partial charge in [-0.3, -0.25) is 0 Å². The zero-order chi connectivity index (χ0) is 20.2. The molecule has 2 heterocycles. The monoisotopic (exact) mass is 394 g/mol. The first kappa shape index (κ1) is 18.5. The number of anilines is 3. The molecule has 0 radical (unpaired) electrons. The molecule has 2 aromatic rings. The third-order valence-corrected chi connectivity index (χ3v) is 6.96. The number of nitrogens with two attached hydrogens (primary N) is 1. The highest BCUT2D eigenvalue weighted by Gasteiger charge is 2.73. The van der Waals surface area contributed by atoms with Gasteiger partial charge in [0.15, 0.2) is 0 Å². The molecule has 3 fully saturated rings. The Morgan fingerprint density at radius 3 is 2.83 bits per heavy atom. The summed E-state index contributed by atoms with van der Waals surface area (Å²) in [6.45, 7) is 4.24. The van der Waals surface area contributed by atoms with Crippen LogP contribution in [0.5, 0.6) is 0 Å². The van der Waals surface area contributed by atoms with Crippen LogP contribution in [-0.2, 0) is 5.54 Å². The van der Waals surface area contributed by atoms with Gasteiger partial charge in [-0.2, -0.15) is 0 Å². The van der Waals surface area contributed by atoms with Crippen LogP contribution in [0.4, 0.5) is 21.7 Å². The van der Waals surface area contributed by atoms with E-state index in [0.29, 0.717) is 28.6 Å². The van der Waals surface area contributed by atoms with Gasteiger partial charge < -0.3 is 21.4 Å². The molecule has 7 heteroatoms. The fraction of sp³-hybridized carbons (Fsp3) is 0.500. The van der Waals surface area contributed by atoms with E-state index < -0.39 is 5.54 Å². The van der Waals surface area contributed by atoms with Gasteiger partial charge in [-0.1, -0.05) is 6.92 Å². The molecular weight excluding hydrogens is 367 g/mol. The van der Waals surface area contributed by atoms with E-state index in [9.17, 15) is 4.39 Å². The van der Waals surface area contributed by atoms with Crippen LogP contribution in [0.15, 0.2) is 24.5 Å². The second-order valence-corrected chi connectivity index (χ2v) is 9.07. The Bertz CT molecular complexity index is 972. The fourth-order valence-electron chi connectivity index (χ4n) is 4.93. The van der Waals surface area contributed by atoms with Crippen molar-refractivity contribution >= 4 is 23.5 Å². The third-order valence-electron chi connectivity index (χ3n) is 6.96. The molecule has 2 aliphatic carbocycles. The molecule has 1 aromatic heterocycles. The Morgan fingerprint density at radius 2 is 2.14 bits per heavy atom. The number of rotatable bonds is 5. The van der Waals surface area contributed by atoms with Crippen molar-refractivity contribution in [1.29, 1.82) is 5.41 Å². The maximum atomic E-state index is 14.8. The summed E-state index contributed by atoms with van der Waals surface area (Å²) in [4.78, 5) is 11.1. The van der Waals surface area contributed by atoms with Crippen LogP contribution < -0.4 is 16.0 Å². The largest absolute Gasteiger partial charge is 0.356 e. The van der Waals surface area contributed by atoms with Crippen molar-refractivity contribution in [2.45, 2.75) is 44.6 Å². The zero-order valence-electron chi connectivity index (χ0n) is 16.7. The maximum absolute atomic E-state index is 14.8. The first-order valence-corrected chi connectivity index (χ1v) is 10.4. The number of halogens is 1. The van der Waals surface area contributed by atoms with Crippen molar-refractivity contribution in [1.82, 2.24) is 9.97 Å². The molecule has 0 amide bonds. The average Bonchev–Trinajstić information content (AvgIpc) is 3.61. The van der Waals surface area contributed by atoms with E-state index in [-0.39, 0.29) is 11.2 Å². The predicted octanol–water partition coefficient (Wildman–Crippen LogP) is 3.93. The molecule has 1 unspecified atom stereocenters. The molecule has 1 saturated heterocycles. The van der Waals surface area contributed by atoms with Gasteiger partial charge in [0.05, 0.1) is 5.54 Å². The normalized spacial score (nSPS) is 27.0. The lowest BCUT2D eigenvalue weighted by atomic mass is 9.98. The number of hydrogen-bond donors (Lipinski definition) is 3. The summed E-state index contributed by atoms with van der Waals surface area (Å²) in [6, 6.07) is 5.10. The summed E-state index contributed by atoms with van der Waals surface area (Å²) in [7, 11) is 0. The predicted molar refractivity (Wildman–Crippen MR) is 112 cm³/mol. The molecule has 2 saturated carbocycles. The molecular formula is C22H27FN6. The smallest absolute Gasteiger partial charge is 0.135 e. The van der Waals surface area contributed by atoms with Gasteiger partial charge in [0.25, 0.3) is 0 Å². The number of hydrogen-bond acceptors (Lipinski definition) is 6. The quantitative estimate of drug-likeness (QED) is 0.669. The Kier molecular flexibility index (Phi) is 4.13. The molecule has 2 atom stereocenters. The summed E-state index contributed by atoms with van der Waals surface area (Å²) < 4.78 is 14.8. The first-order chi connectivity index (χ1) is 13.9. The van der Waals surface area contributed by atoms with Crippen LogP contribution in [0, 0.1) is 22.6 Å². The molecule has 3 aliphatic rings. The van der Waals surface area contributed by atoms with E-state index in [4.69, 9.17) is 11.1 Å². The third kappa shape index (κ3) is 3.08. The van der Waals surface area contributed by atoms with Crippen LogP contribution >= 0.6 is 0 Å². The van der Waals surface area contributed by atoms with E-state index in [0.717, 1.165) is 50.8 Å². The summed E-state index contributed by atoms with van der Waals surface area (Å²) in [5.41, 5.74) is 7.74. The van der Waals surface area contributed by atoms with Gasteiger partial charge in [-0.05, 0) is 55.6 Å². The first-order valence-electron chi connectivity index (χ1n) is 10.4. The minimum Gasteiger partial charge on any atom is -0.356 e. The topological polar surface area (TPSA) is 90.9 Å². The van der Waals surface area contributed by atoms with Gasteiger partial charge in [-0.15, -0.1) is 0 Å². The average molecular weight is 394 g/mol. The van der Waals surface area contributed by atoms with Crippen LogP contribution in [0.1, 0.15) is 50.2 Å². The maximum Gasteiger partial charge on any atom is 0.135 e. The molecule has 152 valence electrons. The second kappa shape index (κ2) is 6.49. The van der Waals surface area contributed by atoms with Crippen LogP contribution in [0.3, 0.4) is 0 Å². The molecule has 1 spiro atoms. The van der Waals surface area contributed by atoms with Crippen molar-refractivity contribution in [2.75, 3.05) is 23.3 Å². The lowest BCUT2D eigenvalue weighted by molar-refractivity contribution is 0.444. The van der Waals surface area contributed by atoms with Gasteiger partial charge in [0, 0.05) is 42.2 Å². The van der Waals surface area contributed by atoms with Crippen molar-refractivity contribution in [3.8, 4) is 0 Å². The molecule has 0 bridgehead atoms. The summed E-state index contributed by atoms with van der Waals surface area (Å²) >= 11 is 0. The number of nitrogens with zero attached hydrogens (tertiary/aromatic N) is 3. The number of benzene rings is 1. The van der Waals surface area contributed by atoms with Gasteiger partial charge in [0.2, 0.25) is 0 Å². The van der Waals surface area contributed by atoms with Gasteiger partial charge in [0.1, 0.15) is 23.8 Å². The fourth-order valence-corrected chi connectivity index (χ4v) is 4.93. The lowest BCUT2D eigenvalue weighted by Crippen LogP contribution is -2.34. The number of piperidine rings is 1. The van der Waals surface area contributed by atoms with E-state index in [1.807, 2.05) is 6.07 Å². The minimum absolute atomic E-state index is 0.102. The molecule has 1 aromatic carbocycles. The van der Waals surface area contributed by atoms with Crippen LogP contribution in [-0.4, -0.2) is 29.3 Å². The highest BCUT2D eigenvalue weighted by atomic mass is 19.1. The van der Waals surface area contributed by atoms with E-state index in [1.54, 1.807) is 12.4 Å². The van der Waals surface area contributed by atoms with Crippen molar-refractivity contribution in [3.05, 3.63) is 41.5 Å². The van der Waals surface area contributed by atoms with Crippen LogP contribution in [0.25, 0.3) is 0 Å². The Hall–Kier alpha value is -2.54. The second-order valence-electron chi connectivity index (χ2n) is 9.07. The molecule has 29 heavy (non-hydrogen) atoms.